The third kappa shape index (κ3) is 4.13. The van der Waals surface area contributed by atoms with E-state index in [1.165, 1.54) is 0 Å². The van der Waals surface area contributed by atoms with Gasteiger partial charge in [-0.3, -0.25) is 4.79 Å². The highest BCUT2D eigenvalue weighted by Crippen LogP contribution is 2.18. The largest absolute Gasteiger partial charge is 0.396 e. The Bertz CT molecular complexity index is 401. The fourth-order valence-electron chi connectivity index (χ4n) is 1.64. The van der Waals surface area contributed by atoms with E-state index in [2.05, 4.69) is 12.2 Å². The van der Waals surface area contributed by atoms with Gasteiger partial charge < -0.3 is 16.2 Å². The summed E-state index contributed by atoms with van der Waals surface area (Å²) in [5.74, 6) is -0.411. The predicted octanol–water partition coefficient (Wildman–Crippen LogP) is 1.28. The molecule has 1 unspecified atom stereocenters. The van der Waals surface area contributed by atoms with Crippen LogP contribution in [0.5, 0.6) is 0 Å². The van der Waals surface area contributed by atoms with E-state index < -0.39 is 5.91 Å². The molecule has 4 nitrogen and oxygen atoms in total. The normalized spacial score (nSPS) is 14.2. The average Bonchev–Trinajstić information content (AvgIpc) is 2.39. The summed E-state index contributed by atoms with van der Waals surface area (Å²) in [6.45, 7) is 5.67. The van der Waals surface area contributed by atoms with Crippen LogP contribution in [0.3, 0.4) is 0 Å². The smallest absolute Gasteiger partial charge is 0.248 e. The standard InChI is InChI=1S/C14H22N2O2/c1-3-14(2,10-17)9-16-8-11-5-4-6-12(7-11)13(15)18/h4-7,16-17H,3,8-10H2,1-2H3,(H2,15,18). The number of aliphatic hydroxyl groups excluding tert-OH is 1. The van der Waals surface area contributed by atoms with Gasteiger partial charge in [-0.2, -0.15) is 0 Å². The molecule has 1 atom stereocenters. The van der Waals surface area contributed by atoms with Gasteiger partial charge in [0.05, 0.1) is 0 Å². The van der Waals surface area contributed by atoms with Gasteiger partial charge in [0, 0.05) is 30.7 Å². The van der Waals surface area contributed by atoms with Gasteiger partial charge in [-0.15, -0.1) is 0 Å². The zero-order chi connectivity index (χ0) is 13.6. The zero-order valence-electron chi connectivity index (χ0n) is 11.1. The number of nitrogens with two attached hydrogens (primary N) is 1. The lowest BCUT2D eigenvalue weighted by Crippen LogP contribution is -2.34. The average molecular weight is 250 g/mol. The second-order valence-corrected chi connectivity index (χ2v) is 4.99. The summed E-state index contributed by atoms with van der Waals surface area (Å²) in [5, 5.41) is 12.6. The van der Waals surface area contributed by atoms with Crippen molar-refractivity contribution >= 4 is 5.91 Å². The van der Waals surface area contributed by atoms with Crippen LogP contribution in [0.4, 0.5) is 0 Å². The Morgan fingerprint density at radius 3 is 2.78 bits per heavy atom. The summed E-state index contributed by atoms with van der Waals surface area (Å²) in [6.07, 6.45) is 0.915. The zero-order valence-corrected chi connectivity index (χ0v) is 11.1. The van der Waals surface area contributed by atoms with E-state index in [0.717, 1.165) is 18.5 Å². The molecule has 1 aromatic rings. The maximum absolute atomic E-state index is 11.0. The van der Waals surface area contributed by atoms with Crippen LogP contribution in [0.15, 0.2) is 24.3 Å². The number of benzene rings is 1. The van der Waals surface area contributed by atoms with Gasteiger partial charge in [0.15, 0.2) is 0 Å². The van der Waals surface area contributed by atoms with E-state index >= 15 is 0 Å². The fourth-order valence-corrected chi connectivity index (χ4v) is 1.64. The molecule has 0 spiro atoms. The Morgan fingerprint density at radius 2 is 2.22 bits per heavy atom. The molecular formula is C14H22N2O2. The van der Waals surface area contributed by atoms with Crippen LogP contribution < -0.4 is 11.1 Å². The molecule has 0 saturated heterocycles. The van der Waals surface area contributed by atoms with Crippen molar-refractivity contribution in [2.24, 2.45) is 11.1 Å². The van der Waals surface area contributed by atoms with Crippen LogP contribution in [-0.2, 0) is 6.54 Å². The number of carbonyl (C=O) groups excluding carboxylic acids is 1. The molecule has 0 aliphatic carbocycles. The molecule has 0 saturated carbocycles. The number of carbonyl (C=O) groups is 1. The van der Waals surface area contributed by atoms with Crippen LogP contribution in [0, 0.1) is 5.41 Å². The van der Waals surface area contributed by atoms with Crippen molar-refractivity contribution in [3.63, 3.8) is 0 Å². The molecule has 0 bridgehead atoms. The first-order valence-electron chi connectivity index (χ1n) is 6.21. The molecule has 1 rings (SSSR count). The first-order chi connectivity index (χ1) is 8.50. The predicted molar refractivity (Wildman–Crippen MR) is 72.2 cm³/mol. The van der Waals surface area contributed by atoms with Gasteiger partial charge in [-0.1, -0.05) is 26.0 Å². The molecule has 1 aromatic carbocycles. The minimum absolute atomic E-state index is 0.0959. The monoisotopic (exact) mass is 250 g/mol. The van der Waals surface area contributed by atoms with Crippen molar-refractivity contribution in [3.05, 3.63) is 35.4 Å². The van der Waals surface area contributed by atoms with E-state index in [0.29, 0.717) is 12.1 Å². The third-order valence-corrected chi connectivity index (χ3v) is 3.33. The maximum Gasteiger partial charge on any atom is 0.248 e. The highest BCUT2D eigenvalue weighted by atomic mass is 16.3. The minimum atomic E-state index is -0.411. The Hall–Kier alpha value is -1.39. The lowest BCUT2D eigenvalue weighted by molar-refractivity contribution is 0.1000. The number of hydrogen-bond donors (Lipinski definition) is 3. The number of amides is 1. The lowest BCUT2D eigenvalue weighted by atomic mass is 9.88. The number of primary amides is 1. The summed E-state index contributed by atoms with van der Waals surface area (Å²) in [5.41, 5.74) is 6.67. The van der Waals surface area contributed by atoms with E-state index in [1.807, 2.05) is 19.1 Å². The molecular weight excluding hydrogens is 228 g/mol. The Morgan fingerprint density at radius 1 is 1.50 bits per heavy atom. The SMILES string of the molecule is CCC(C)(CO)CNCc1cccc(C(N)=O)c1. The lowest BCUT2D eigenvalue weighted by Gasteiger charge is -2.25. The molecule has 100 valence electrons. The van der Waals surface area contributed by atoms with Crippen molar-refractivity contribution in [1.29, 1.82) is 0 Å². The van der Waals surface area contributed by atoms with Gasteiger partial charge in [-0.05, 0) is 24.1 Å². The van der Waals surface area contributed by atoms with Crippen LogP contribution in [0.2, 0.25) is 0 Å². The first-order valence-corrected chi connectivity index (χ1v) is 6.21. The van der Waals surface area contributed by atoms with E-state index in [1.54, 1.807) is 12.1 Å². The molecule has 0 radical (unpaired) electrons. The summed E-state index contributed by atoms with van der Waals surface area (Å²) in [7, 11) is 0. The highest BCUT2D eigenvalue weighted by Gasteiger charge is 2.19. The fraction of sp³-hybridized carbons (Fsp3) is 0.500. The van der Waals surface area contributed by atoms with Crippen molar-refractivity contribution < 1.29 is 9.90 Å². The van der Waals surface area contributed by atoms with E-state index in [9.17, 15) is 9.90 Å². The van der Waals surface area contributed by atoms with Crippen molar-refractivity contribution in [1.82, 2.24) is 5.32 Å². The van der Waals surface area contributed by atoms with Crippen LogP contribution >= 0.6 is 0 Å². The Kier molecular flexibility index (Phi) is 5.31. The molecule has 0 fully saturated rings. The number of nitrogens with one attached hydrogen (secondary N) is 1. The van der Waals surface area contributed by atoms with Gasteiger partial charge in [-0.25, -0.2) is 0 Å². The van der Waals surface area contributed by atoms with Crippen molar-refractivity contribution in [2.75, 3.05) is 13.2 Å². The van der Waals surface area contributed by atoms with Crippen LogP contribution in [0.25, 0.3) is 0 Å². The van der Waals surface area contributed by atoms with E-state index in [-0.39, 0.29) is 12.0 Å². The van der Waals surface area contributed by atoms with Gasteiger partial charge in [0.25, 0.3) is 0 Å². The topological polar surface area (TPSA) is 75.3 Å². The Balaban J connectivity index is 2.54. The summed E-state index contributed by atoms with van der Waals surface area (Å²) < 4.78 is 0. The maximum atomic E-state index is 11.0. The van der Waals surface area contributed by atoms with Gasteiger partial charge >= 0.3 is 0 Å². The molecule has 0 aliphatic rings. The molecule has 1 amide bonds. The number of hydrogen-bond acceptors (Lipinski definition) is 3. The van der Waals surface area contributed by atoms with Gasteiger partial charge in [0.1, 0.15) is 0 Å². The van der Waals surface area contributed by atoms with Crippen molar-refractivity contribution in [3.8, 4) is 0 Å². The minimum Gasteiger partial charge on any atom is -0.396 e. The molecule has 18 heavy (non-hydrogen) atoms. The summed E-state index contributed by atoms with van der Waals surface area (Å²) in [4.78, 5) is 11.0. The Labute approximate surface area is 108 Å². The molecule has 4 N–H and O–H groups in total. The van der Waals surface area contributed by atoms with Crippen LogP contribution in [0.1, 0.15) is 36.2 Å². The van der Waals surface area contributed by atoms with Gasteiger partial charge in [0.2, 0.25) is 5.91 Å². The summed E-state index contributed by atoms with van der Waals surface area (Å²) in [6, 6.07) is 7.26. The second kappa shape index (κ2) is 6.52. The molecule has 0 heterocycles. The molecule has 4 heteroatoms. The van der Waals surface area contributed by atoms with E-state index in [4.69, 9.17) is 5.73 Å². The summed E-state index contributed by atoms with van der Waals surface area (Å²) >= 11 is 0. The third-order valence-electron chi connectivity index (χ3n) is 3.33. The highest BCUT2D eigenvalue weighted by molar-refractivity contribution is 5.92. The van der Waals surface area contributed by atoms with Crippen molar-refractivity contribution in [2.45, 2.75) is 26.8 Å². The van der Waals surface area contributed by atoms with Crippen LogP contribution in [-0.4, -0.2) is 24.2 Å². The second-order valence-electron chi connectivity index (χ2n) is 4.99. The first kappa shape index (κ1) is 14.7. The number of aliphatic hydroxyl groups is 1. The quantitative estimate of drug-likeness (QED) is 0.682. The molecule has 0 aliphatic heterocycles. The number of rotatable bonds is 7. The molecule has 0 aromatic heterocycles.